The summed E-state index contributed by atoms with van der Waals surface area (Å²) in [4.78, 5) is 4.01. The number of nitriles is 1. The second-order valence-corrected chi connectivity index (χ2v) is 4.90. The molecule has 20 heavy (non-hydrogen) atoms. The summed E-state index contributed by atoms with van der Waals surface area (Å²) in [6, 6.07) is 11.2. The standard InChI is InChI=1S/C15H12BrN3O/c1-20-14-7-11(16)4-5-12(14)15(18)13(8-17)10-3-2-6-19-9-10/h2-7,9H,18H2,1H3/b15-13+. The van der Waals surface area contributed by atoms with Gasteiger partial charge in [0.2, 0.25) is 0 Å². The van der Waals surface area contributed by atoms with E-state index >= 15 is 0 Å². The number of hydrogen-bond acceptors (Lipinski definition) is 4. The second-order valence-electron chi connectivity index (χ2n) is 3.99. The predicted octanol–water partition coefficient (Wildman–Crippen LogP) is 3.20. The van der Waals surface area contributed by atoms with Gasteiger partial charge < -0.3 is 10.5 Å². The van der Waals surface area contributed by atoms with Gasteiger partial charge in [-0.3, -0.25) is 4.98 Å². The van der Waals surface area contributed by atoms with Crippen molar-refractivity contribution in [2.75, 3.05) is 7.11 Å². The lowest BCUT2D eigenvalue weighted by atomic mass is 10.0. The van der Waals surface area contributed by atoms with Crippen LogP contribution in [0.2, 0.25) is 0 Å². The number of ether oxygens (including phenoxy) is 1. The molecule has 1 heterocycles. The van der Waals surface area contributed by atoms with Crippen molar-refractivity contribution in [1.82, 2.24) is 4.98 Å². The van der Waals surface area contributed by atoms with Crippen molar-refractivity contribution in [2.45, 2.75) is 0 Å². The minimum absolute atomic E-state index is 0.366. The Balaban J connectivity index is 2.61. The molecule has 2 N–H and O–H groups in total. The maximum Gasteiger partial charge on any atom is 0.129 e. The van der Waals surface area contributed by atoms with Gasteiger partial charge in [0.1, 0.15) is 11.8 Å². The van der Waals surface area contributed by atoms with E-state index < -0.39 is 0 Å². The maximum absolute atomic E-state index is 9.36. The zero-order valence-corrected chi connectivity index (χ0v) is 12.4. The number of aromatic nitrogens is 1. The molecule has 1 aromatic heterocycles. The van der Waals surface area contributed by atoms with Crippen molar-refractivity contribution >= 4 is 27.2 Å². The van der Waals surface area contributed by atoms with Crippen molar-refractivity contribution in [3.05, 3.63) is 58.3 Å². The van der Waals surface area contributed by atoms with Crippen LogP contribution in [0, 0.1) is 11.3 Å². The van der Waals surface area contributed by atoms with Crippen molar-refractivity contribution in [3.63, 3.8) is 0 Å². The molecule has 1 aromatic carbocycles. The average Bonchev–Trinajstić information content (AvgIpc) is 2.48. The Morgan fingerprint density at radius 1 is 1.40 bits per heavy atom. The number of benzene rings is 1. The summed E-state index contributed by atoms with van der Waals surface area (Å²) in [7, 11) is 1.56. The van der Waals surface area contributed by atoms with Crippen molar-refractivity contribution < 1.29 is 4.74 Å². The molecule has 2 aromatic rings. The quantitative estimate of drug-likeness (QED) is 0.877. The fraction of sp³-hybridized carbons (Fsp3) is 0.0667. The highest BCUT2D eigenvalue weighted by molar-refractivity contribution is 9.10. The fourth-order valence-corrected chi connectivity index (χ4v) is 2.15. The van der Waals surface area contributed by atoms with Crippen LogP contribution in [0.5, 0.6) is 5.75 Å². The van der Waals surface area contributed by atoms with Crippen LogP contribution in [0.1, 0.15) is 11.1 Å². The summed E-state index contributed by atoms with van der Waals surface area (Å²) in [5.41, 5.74) is 8.24. The van der Waals surface area contributed by atoms with Crippen LogP contribution in [0.25, 0.3) is 11.3 Å². The molecule has 0 atom stereocenters. The van der Waals surface area contributed by atoms with Crippen LogP contribution in [0.15, 0.2) is 47.2 Å². The first-order chi connectivity index (χ1) is 9.67. The van der Waals surface area contributed by atoms with Crippen LogP contribution in [-0.4, -0.2) is 12.1 Å². The fourth-order valence-electron chi connectivity index (χ4n) is 1.81. The number of halogens is 1. The van der Waals surface area contributed by atoms with E-state index in [0.717, 1.165) is 4.47 Å². The lowest BCUT2D eigenvalue weighted by Crippen LogP contribution is -2.03. The molecule has 0 bridgehead atoms. The molecule has 0 amide bonds. The lowest BCUT2D eigenvalue weighted by Gasteiger charge is -2.11. The van der Waals surface area contributed by atoms with Crippen molar-refractivity contribution in [2.24, 2.45) is 5.73 Å². The number of rotatable bonds is 3. The lowest BCUT2D eigenvalue weighted by molar-refractivity contribution is 0.413. The number of pyridine rings is 1. The Morgan fingerprint density at radius 2 is 2.20 bits per heavy atom. The van der Waals surface area contributed by atoms with E-state index in [-0.39, 0.29) is 0 Å². The number of nitrogens with two attached hydrogens (primary N) is 1. The van der Waals surface area contributed by atoms with Gasteiger partial charge in [-0.1, -0.05) is 22.0 Å². The summed E-state index contributed by atoms with van der Waals surface area (Å²) in [6.07, 6.45) is 3.26. The van der Waals surface area contributed by atoms with Gasteiger partial charge in [-0.05, 0) is 24.3 Å². The number of hydrogen-bond donors (Lipinski definition) is 1. The number of methoxy groups -OCH3 is 1. The van der Waals surface area contributed by atoms with Crippen molar-refractivity contribution in [3.8, 4) is 11.8 Å². The SMILES string of the molecule is COc1cc(Br)ccc1/C(N)=C(/C#N)c1cccnc1. The Hall–Kier alpha value is -2.32. The summed E-state index contributed by atoms with van der Waals surface area (Å²) in [6.45, 7) is 0. The van der Waals surface area contributed by atoms with E-state index in [4.69, 9.17) is 10.5 Å². The third kappa shape index (κ3) is 2.81. The third-order valence-corrected chi connectivity index (χ3v) is 3.28. The highest BCUT2D eigenvalue weighted by Gasteiger charge is 2.13. The van der Waals surface area contributed by atoms with E-state index in [2.05, 4.69) is 27.0 Å². The minimum atomic E-state index is 0.366. The van der Waals surface area contributed by atoms with Crippen LogP contribution in [0.4, 0.5) is 0 Å². The Kier molecular flexibility index (Phi) is 4.38. The molecular weight excluding hydrogens is 318 g/mol. The van der Waals surface area contributed by atoms with Crippen molar-refractivity contribution in [1.29, 1.82) is 5.26 Å². The van der Waals surface area contributed by atoms with Gasteiger partial charge in [0, 0.05) is 28.0 Å². The molecule has 0 radical (unpaired) electrons. The van der Waals surface area contributed by atoms with Gasteiger partial charge in [0.25, 0.3) is 0 Å². The second kappa shape index (κ2) is 6.22. The first kappa shape index (κ1) is 14.1. The highest BCUT2D eigenvalue weighted by atomic mass is 79.9. The molecule has 0 spiro atoms. The molecule has 0 aliphatic rings. The monoisotopic (exact) mass is 329 g/mol. The van der Waals surface area contributed by atoms with Crippen LogP contribution in [0.3, 0.4) is 0 Å². The first-order valence-corrected chi connectivity index (χ1v) is 6.61. The molecule has 5 heteroatoms. The number of allylic oxidation sites excluding steroid dienone is 1. The summed E-state index contributed by atoms with van der Waals surface area (Å²) < 4.78 is 6.19. The highest BCUT2D eigenvalue weighted by Crippen LogP contribution is 2.30. The van der Waals surface area contributed by atoms with Gasteiger partial charge >= 0.3 is 0 Å². The van der Waals surface area contributed by atoms with E-state index in [1.807, 2.05) is 12.1 Å². The average molecular weight is 330 g/mol. The summed E-state index contributed by atoms with van der Waals surface area (Å²) >= 11 is 3.37. The molecule has 100 valence electrons. The predicted molar refractivity (Wildman–Crippen MR) is 81.5 cm³/mol. The molecule has 0 aliphatic heterocycles. The van der Waals surface area contributed by atoms with Gasteiger partial charge in [-0.2, -0.15) is 5.26 Å². The number of nitrogens with zero attached hydrogens (tertiary/aromatic N) is 2. The molecular formula is C15H12BrN3O. The van der Waals surface area contributed by atoms with Gasteiger partial charge in [-0.15, -0.1) is 0 Å². The van der Waals surface area contributed by atoms with E-state index in [1.54, 1.807) is 37.7 Å². The third-order valence-electron chi connectivity index (χ3n) is 2.79. The normalized spacial score (nSPS) is 11.4. The van der Waals surface area contributed by atoms with E-state index in [0.29, 0.717) is 28.1 Å². The first-order valence-electron chi connectivity index (χ1n) is 5.81. The molecule has 2 rings (SSSR count). The molecule has 0 saturated heterocycles. The van der Waals surface area contributed by atoms with Gasteiger partial charge in [0.05, 0.1) is 18.4 Å². The molecule has 0 unspecified atom stereocenters. The zero-order valence-electron chi connectivity index (χ0n) is 10.8. The van der Waals surface area contributed by atoms with Crippen LogP contribution in [-0.2, 0) is 0 Å². The molecule has 4 nitrogen and oxygen atoms in total. The van der Waals surface area contributed by atoms with Gasteiger partial charge in [0.15, 0.2) is 0 Å². The zero-order chi connectivity index (χ0) is 14.5. The van der Waals surface area contributed by atoms with E-state index in [1.165, 1.54) is 0 Å². The molecule has 0 saturated carbocycles. The topological polar surface area (TPSA) is 71.9 Å². The molecule has 0 aliphatic carbocycles. The summed E-state index contributed by atoms with van der Waals surface area (Å²) in [5, 5.41) is 9.36. The van der Waals surface area contributed by atoms with Gasteiger partial charge in [-0.25, -0.2) is 0 Å². The minimum Gasteiger partial charge on any atom is -0.496 e. The Labute approximate surface area is 125 Å². The Bertz CT molecular complexity index is 690. The van der Waals surface area contributed by atoms with Crippen LogP contribution < -0.4 is 10.5 Å². The molecule has 0 fully saturated rings. The van der Waals surface area contributed by atoms with E-state index in [9.17, 15) is 5.26 Å². The largest absolute Gasteiger partial charge is 0.496 e. The van der Waals surface area contributed by atoms with Crippen LogP contribution >= 0.6 is 15.9 Å². The maximum atomic E-state index is 9.36. The smallest absolute Gasteiger partial charge is 0.129 e. The Morgan fingerprint density at radius 3 is 2.80 bits per heavy atom. The summed E-state index contributed by atoms with van der Waals surface area (Å²) in [5.74, 6) is 0.605.